The number of hydrogen-bond acceptors (Lipinski definition) is 7. The maximum absolute atomic E-state index is 5.96. The lowest BCUT2D eigenvalue weighted by molar-refractivity contribution is 0.411. The monoisotopic (exact) mass is 274 g/mol. The summed E-state index contributed by atoms with van der Waals surface area (Å²) in [6, 6.07) is 1.53. The van der Waals surface area contributed by atoms with Crippen LogP contribution >= 0.6 is 23.2 Å². The second-order valence-corrected chi connectivity index (χ2v) is 3.81. The Bertz CT molecular complexity index is 503. The van der Waals surface area contributed by atoms with E-state index in [-0.39, 0.29) is 0 Å². The number of rotatable bonds is 4. The van der Waals surface area contributed by atoms with Crippen LogP contribution < -0.4 is 16.6 Å². The van der Waals surface area contributed by atoms with Crippen LogP contribution in [0.2, 0.25) is 10.0 Å². The van der Waals surface area contributed by atoms with E-state index >= 15 is 0 Å². The zero-order chi connectivity index (χ0) is 12.3. The van der Waals surface area contributed by atoms with Gasteiger partial charge in [0.15, 0.2) is 11.6 Å². The molecule has 0 aromatic carbocycles. The number of anilines is 2. The van der Waals surface area contributed by atoms with Crippen LogP contribution in [-0.4, -0.2) is 15.1 Å². The summed E-state index contributed by atoms with van der Waals surface area (Å²) in [5.41, 5.74) is 2.36. The number of halogens is 2. The first-order chi connectivity index (χ1) is 8.20. The van der Waals surface area contributed by atoms with Crippen LogP contribution in [0.1, 0.15) is 5.82 Å². The molecule has 7 nitrogen and oxygen atoms in total. The highest BCUT2D eigenvalue weighted by atomic mass is 35.5. The normalized spacial score (nSPS) is 10.3. The van der Waals surface area contributed by atoms with Crippen molar-refractivity contribution in [1.29, 1.82) is 0 Å². The zero-order valence-corrected chi connectivity index (χ0v) is 9.96. The van der Waals surface area contributed by atoms with E-state index in [9.17, 15) is 0 Å². The van der Waals surface area contributed by atoms with E-state index < -0.39 is 0 Å². The summed E-state index contributed by atoms with van der Waals surface area (Å²) in [5.74, 6) is 6.49. The first kappa shape index (κ1) is 11.9. The molecule has 2 rings (SSSR count). The fraction of sp³-hybridized carbons (Fsp3) is 0.125. The van der Waals surface area contributed by atoms with Gasteiger partial charge in [-0.2, -0.15) is 4.98 Å². The van der Waals surface area contributed by atoms with Gasteiger partial charge in [-0.1, -0.05) is 28.4 Å². The summed E-state index contributed by atoms with van der Waals surface area (Å²) in [6.07, 6.45) is 1.24. The third kappa shape index (κ3) is 2.76. The molecule has 2 aromatic heterocycles. The molecule has 2 aromatic rings. The van der Waals surface area contributed by atoms with E-state index in [0.717, 1.165) is 0 Å². The predicted molar refractivity (Wildman–Crippen MR) is 63.7 cm³/mol. The summed E-state index contributed by atoms with van der Waals surface area (Å²) in [5, 5.41) is 7.28. The summed E-state index contributed by atoms with van der Waals surface area (Å²) in [6.45, 7) is 0.328. The van der Waals surface area contributed by atoms with Crippen molar-refractivity contribution in [2.24, 2.45) is 5.84 Å². The molecule has 0 unspecified atom stereocenters. The van der Waals surface area contributed by atoms with Crippen molar-refractivity contribution < 1.29 is 4.52 Å². The molecule has 0 aliphatic heterocycles. The molecule has 2 heterocycles. The molecule has 0 aliphatic rings. The Morgan fingerprint density at radius 3 is 2.71 bits per heavy atom. The highest BCUT2D eigenvalue weighted by Gasteiger charge is 2.09. The van der Waals surface area contributed by atoms with Crippen molar-refractivity contribution in [3.05, 3.63) is 28.3 Å². The minimum absolute atomic E-state index is 0.326. The molecule has 90 valence electrons. The summed E-state index contributed by atoms with van der Waals surface area (Å²) >= 11 is 11.8. The lowest BCUT2D eigenvalue weighted by Crippen LogP contribution is -2.11. The molecule has 4 N–H and O–H groups in total. The Kier molecular flexibility index (Phi) is 3.62. The Morgan fingerprint density at radius 2 is 2.06 bits per heavy atom. The third-order valence-electron chi connectivity index (χ3n) is 1.89. The van der Waals surface area contributed by atoms with Crippen molar-refractivity contribution in [1.82, 2.24) is 15.1 Å². The fourth-order valence-electron chi connectivity index (χ4n) is 1.12. The van der Waals surface area contributed by atoms with Crippen LogP contribution in [0.5, 0.6) is 0 Å². The zero-order valence-electron chi connectivity index (χ0n) is 8.44. The second kappa shape index (κ2) is 5.17. The van der Waals surface area contributed by atoms with E-state index in [0.29, 0.717) is 34.1 Å². The van der Waals surface area contributed by atoms with Crippen LogP contribution in [-0.2, 0) is 6.54 Å². The first-order valence-electron chi connectivity index (χ1n) is 4.52. The quantitative estimate of drug-likeness (QED) is 0.576. The lowest BCUT2D eigenvalue weighted by Gasteiger charge is -2.09. The number of aromatic nitrogens is 3. The second-order valence-electron chi connectivity index (χ2n) is 2.99. The van der Waals surface area contributed by atoms with Gasteiger partial charge in [0.2, 0.25) is 6.39 Å². The van der Waals surface area contributed by atoms with Crippen molar-refractivity contribution in [2.75, 3.05) is 10.7 Å². The topological polar surface area (TPSA) is 102 Å². The maximum Gasteiger partial charge on any atom is 0.213 e. The Balaban J connectivity index is 2.15. The van der Waals surface area contributed by atoms with Gasteiger partial charge >= 0.3 is 0 Å². The first-order valence-corrected chi connectivity index (χ1v) is 5.28. The maximum atomic E-state index is 5.96. The molecule has 0 saturated carbocycles. The van der Waals surface area contributed by atoms with Gasteiger partial charge in [-0.25, -0.2) is 10.8 Å². The number of pyridine rings is 1. The molecule has 0 radical (unpaired) electrons. The lowest BCUT2D eigenvalue weighted by atomic mass is 10.4. The summed E-state index contributed by atoms with van der Waals surface area (Å²) < 4.78 is 4.59. The van der Waals surface area contributed by atoms with Gasteiger partial charge in [0.25, 0.3) is 0 Å². The summed E-state index contributed by atoms with van der Waals surface area (Å²) in [4.78, 5) is 7.94. The molecule has 0 bridgehead atoms. The standard InChI is InChI=1S/C8H8Cl2N6O/c9-4-1-5(10)8(15-11)14-7(4)12-2-6-13-3-17-16-6/h1,3H,2,11H2,(H2,12,14,15). The van der Waals surface area contributed by atoms with Gasteiger partial charge in [0.1, 0.15) is 5.82 Å². The van der Waals surface area contributed by atoms with E-state index in [1.807, 2.05) is 0 Å². The van der Waals surface area contributed by atoms with Gasteiger partial charge in [-0.3, -0.25) is 0 Å². The van der Waals surface area contributed by atoms with Crippen LogP contribution in [0.25, 0.3) is 0 Å². The average Bonchev–Trinajstić information content (AvgIpc) is 2.81. The van der Waals surface area contributed by atoms with Crippen LogP contribution in [0.15, 0.2) is 17.0 Å². The molecule has 0 aliphatic carbocycles. The summed E-state index contributed by atoms with van der Waals surface area (Å²) in [7, 11) is 0. The van der Waals surface area contributed by atoms with Crippen molar-refractivity contribution in [2.45, 2.75) is 6.54 Å². The minimum atomic E-state index is 0.326. The van der Waals surface area contributed by atoms with Crippen LogP contribution in [0, 0.1) is 0 Å². The van der Waals surface area contributed by atoms with E-state index in [2.05, 4.69) is 30.4 Å². The van der Waals surface area contributed by atoms with E-state index in [1.165, 1.54) is 12.5 Å². The van der Waals surface area contributed by atoms with E-state index in [4.69, 9.17) is 29.0 Å². The Morgan fingerprint density at radius 1 is 1.29 bits per heavy atom. The number of nitrogens with one attached hydrogen (secondary N) is 2. The molecular weight excluding hydrogens is 267 g/mol. The Hall–Kier alpha value is -1.57. The van der Waals surface area contributed by atoms with Crippen LogP contribution in [0.4, 0.5) is 11.6 Å². The number of hydrazine groups is 1. The van der Waals surface area contributed by atoms with Gasteiger partial charge in [0.05, 0.1) is 16.6 Å². The number of nitrogens with two attached hydrogens (primary N) is 1. The largest absolute Gasteiger partial charge is 0.361 e. The fourth-order valence-corrected chi connectivity index (χ4v) is 1.60. The smallest absolute Gasteiger partial charge is 0.213 e. The number of nitrogens with zero attached hydrogens (tertiary/aromatic N) is 3. The highest BCUT2D eigenvalue weighted by Crippen LogP contribution is 2.28. The van der Waals surface area contributed by atoms with Crippen molar-refractivity contribution >= 4 is 34.8 Å². The number of nitrogen functional groups attached to an aromatic ring is 1. The minimum Gasteiger partial charge on any atom is -0.361 e. The number of hydrogen-bond donors (Lipinski definition) is 3. The molecule has 0 fully saturated rings. The van der Waals surface area contributed by atoms with Crippen LogP contribution in [0.3, 0.4) is 0 Å². The average molecular weight is 275 g/mol. The van der Waals surface area contributed by atoms with Gasteiger partial charge < -0.3 is 15.3 Å². The Labute approximate surface area is 106 Å². The molecule has 0 amide bonds. The van der Waals surface area contributed by atoms with Gasteiger partial charge in [-0.15, -0.1) is 0 Å². The molecule has 17 heavy (non-hydrogen) atoms. The van der Waals surface area contributed by atoms with E-state index in [1.54, 1.807) is 0 Å². The molecule has 9 heteroatoms. The van der Waals surface area contributed by atoms with Gasteiger partial charge in [0, 0.05) is 0 Å². The predicted octanol–water partition coefficient (Wildman–Crippen LogP) is 1.67. The third-order valence-corrected chi connectivity index (χ3v) is 2.46. The van der Waals surface area contributed by atoms with Gasteiger partial charge in [-0.05, 0) is 6.07 Å². The molecule has 0 saturated heterocycles. The van der Waals surface area contributed by atoms with Crippen molar-refractivity contribution in [3.8, 4) is 0 Å². The molecular formula is C8H8Cl2N6O. The highest BCUT2D eigenvalue weighted by molar-refractivity contribution is 6.37. The van der Waals surface area contributed by atoms with Crippen molar-refractivity contribution in [3.63, 3.8) is 0 Å². The molecule has 0 spiro atoms. The SMILES string of the molecule is NNc1nc(NCc2ncon2)c(Cl)cc1Cl. The molecule has 0 atom stereocenters.